The summed E-state index contributed by atoms with van der Waals surface area (Å²) in [7, 11) is 0. The molecule has 4 atom stereocenters. The number of Topliss-reactive ketones (excluding diaryl/α,β-unsaturated/α-hetero) is 1. The largest absolute Gasteiger partial charge is 0.326 e. The van der Waals surface area contributed by atoms with E-state index in [-0.39, 0.29) is 11.9 Å². The van der Waals surface area contributed by atoms with E-state index in [1.54, 1.807) is 4.90 Å². The number of likely N-dealkylation sites (tertiary alicyclic amines) is 1. The molecule has 5 nitrogen and oxygen atoms in total. The first kappa shape index (κ1) is 13.6. The van der Waals surface area contributed by atoms with Crippen LogP contribution >= 0.6 is 0 Å². The number of hydrogen-bond donors (Lipinski definition) is 1. The molecule has 1 aliphatic heterocycles. The van der Waals surface area contributed by atoms with Crippen molar-refractivity contribution in [1.29, 1.82) is 5.26 Å². The van der Waals surface area contributed by atoms with Crippen molar-refractivity contribution in [2.24, 2.45) is 11.8 Å². The van der Waals surface area contributed by atoms with E-state index in [9.17, 15) is 9.59 Å². The van der Waals surface area contributed by atoms with Crippen LogP contribution in [0.3, 0.4) is 0 Å². The Morgan fingerprint density at radius 3 is 2.70 bits per heavy atom. The fraction of sp³-hybridized carbons (Fsp3) is 0.800. The molecule has 1 N–H and O–H groups in total. The van der Waals surface area contributed by atoms with Crippen LogP contribution in [-0.2, 0) is 9.59 Å². The van der Waals surface area contributed by atoms with Crippen LogP contribution in [0, 0.1) is 23.2 Å². The van der Waals surface area contributed by atoms with E-state index in [1.165, 1.54) is 0 Å². The van der Waals surface area contributed by atoms with Gasteiger partial charge in [-0.05, 0) is 37.5 Å². The van der Waals surface area contributed by atoms with Gasteiger partial charge in [0.2, 0.25) is 5.91 Å². The van der Waals surface area contributed by atoms with Crippen LogP contribution in [0.1, 0.15) is 38.5 Å². The topological polar surface area (TPSA) is 73.2 Å². The van der Waals surface area contributed by atoms with Crippen LogP contribution in [0.2, 0.25) is 0 Å². The first-order chi connectivity index (χ1) is 9.67. The standard InChI is InChI=1S/C15H21N3O2/c16-8-13-2-1-3-18(13)15(20)9-17-12-4-10-6-14(19)7-11(10)5-12/h10-13,17H,1-7,9H2/t10-,11+,12-,13-/m0/s1. The first-order valence-corrected chi connectivity index (χ1v) is 7.61. The van der Waals surface area contributed by atoms with E-state index in [4.69, 9.17) is 5.26 Å². The Morgan fingerprint density at radius 2 is 2.05 bits per heavy atom. The molecule has 0 aromatic carbocycles. The van der Waals surface area contributed by atoms with Gasteiger partial charge in [0.1, 0.15) is 11.8 Å². The van der Waals surface area contributed by atoms with Crippen LogP contribution in [0.25, 0.3) is 0 Å². The Bertz CT molecular complexity index is 441. The normalized spacial score (nSPS) is 36.1. The molecule has 0 aromatic rings. The van der Waals surface area contributed by atoms with Crippen molar-refractivity contribution in [3.63, 3.8) is 0 Å². The van der Waals surface area contributed by atoms with Crippen molar-refractivity contribution < 1.29 is 9.59 Å². The molecule has 20 heavy (non-hydrogen) atoms. The molecule has 108 valence electrons. The smallest absolute Gasteiger partial charge is 0.237 e. The van der Waals surface area contributed by atoms with Gasteiger partial charge in [-0.3, -0.25) is 9.59 Å². The van der Waals surface area contributed by atoms with Crippen LogP contribution in [0.5, 0.6) is 0 Å². The number of rotatable bonds is 3. The maximum absolute atomic E-state index is 12.1. The number of carbonyl (C=O) groups excluding carboxylic acids is 2. The predicted octanol–water partition coefficient (Wildman–Crippen LogP) is 0.848. The second kappa shape index (κ2) is 5.53. The third kappa shape index (κ3) is 2.57. The molecular formula is C15H21N3O2. The minimum atomic E-state index is -0.232. The highest BCUT2D eigenvalue weighted by molar-refractivity contribution is 5.81. The van der Waals surface area contributed by atoms with E-state index in [1.807, 2.05) is 0 Å². The Hall–Kier alpha value is -1.41. The van der Waals surface area contributed by atoms with Gasteiger partial charge in [0.05, 0.1) is 12.6 Å². The number of carbonyl (C=O) groups is 2. The van der Waals surface area contributed by atoms with E-state index in [0.29, 0.717) is 36.8 Å². The van der Waals surface area contributed by atoms with Crippen molar-refractivity contribution >= 4 is 11.7 Å². The molecule has 5 heteroatoms. The maximum atomic E-state index is 12.1. The summed E-state index contributed by atoms with van der Waals surface area (Å²) in [6.45, 7) is 1.04. The summed E-state index contributed by atoms with van der Waals surface area (Å²) in [5, 5.41) is 12.3. The van der Waals surface area contributed by atoms with Crippen molar-refractivity contribution in [3.8, 4) is 6.07 Å². The van der Waals surface area contributed by atoms with Gasteiger partial charge in [0, 0.05) is 25.4 Å². The lowest BCUT2D eigenvalue weighted by molar-refractivity contribution is -0.130. The zero-order chi connectivity index (χ0) is 14.1. The predicted molar refractivity (Wildman–Crippen MR) is 72.6 cm³/mol. The highest BCUT2D eigenvalue weighted by Crippen LogP contribution is 2.42. The lowest BCUT2D eigenvalue weighted by atomic mass is 10.0. The summed E-state index contributed by atoms with van der Waals surface area (Å²) >= 11 is 0. The molecule has 1 heterocycles. The molecule has 0 bridgehead atoms. The maximum Gasteiger partial charge on any atom is 0.237 e. The minimum absolute atomic E-state index is 0.0437. The van der Waals surface area contributed by atoms with Crippen molar-refractivity contribution in [1.82, 2.24) is 10.2 Å². The van der Waals surface area contributed by atoms with E-state index in [0.717, 1.165) is 38.5 Å². The Kier molecular flexibility index (Phi) is 3.75. The summed E-state index contributed by atoms with van der Waals surface area (Å²) in [5.41, 5.74) is 0. The summed E-state index contributed by atoms with van der Waals surface area (Å²) in [6, 6.07) is 2.33. The average Bonchev–Trinajstić information content (AvgIpc) is 3.08. The fourth-order valence-corrected chi connectivity index (χ4v) is 4.08. The molecule has 3 fully saturated rings. The molecule has 2 saturated carbocycles. The molecule has 0 aromatic heterocycles. The molecule has 1 amide bonds. The van der Waals surface area contributed by atoms with Gasteiger partial charge in [-0.2, -0.15) is 5.26 Å². The van der Waals surface area contributed by atoms with Crippen molar-refractivity contribution in [3.05, 3.63) is 0 Å². The average molecular weight is 275 g/mol. The van der Waals surface area contributed by atoms with Gasteiger partial charge in [-0.15, -0.1) is 0 Å². The van der Waals surface area contributed by atoms with Gasteiger partial charge in [0.15, 0.2) is 0 Å². The van der Waals surface area contributed by atoms with Crippen LogP contribution in [-0.4, -0.2) is 41.8 Å². The summed E-state index contributed by atoms with van der Waals surface area (Å²) in [5.74, 6) is 1.52. The van der Waals surface area contributed by atoms with Gasteiger partial charge >= 0.3 is 0 Å². The zero-order valence-corrected chi connectivity index (χ0v) is 11.7. The quantitative estimate of drug-likeness (QED) is 0.828. The summed E-state index contributed by atoms with van der Waals surface area (Å²) in [6.07, 6.45) is 5.24. The molecular weight excluding hydrogens is 254 g/mol. The van der Waals surface area contributed by atoms with Gasteiger partial charge < -0.3 is 10.2 Å². The lowest BCUT2D eigenvalue weighted by Crippen LogP contribution is -2.43. The Morgan fingerprint density at radius 1 is 1.35 bits per heavy atom. The number of nitrogens with zero attached hydrogens (tertiary/aromatic N) is 2. The SMILES string of the molecule is N#C[C@@H]1CCCN1C(=O)CN[C@H]1C[C@H]2CC(=O)C[C@H]2C1. The lowest BCUT2D eigenvalue weighted by Gasteiger charge is -2.21. The molecule has 1 saturated heterocycles. The summed E-state index contributed by atoms with van der Waals surface area (Å²) < 4.78 is 0. The number of hydrogen-bond acceptors (Lipinski definition) is 4. The Labute approximate surface area is 119 Å². The number of nitriles is 1. The molecule has 0 spiro atoms. The Balaban J connectivity index is 1.45. The van der Waals surface area contributed by atoms with Crippen molar-refractivity contribution in [2.75, 3.05) is 13.1 Å². The number of fused-ring (bicyclic) bond motifs is 1. The van der Waals surface area contributed by atoms with Crippen molar-refractivity contribution in [2.45, 2.75) is 50.6 Å². The first-order valence-electron chi connectivity index (χ1n) is 7.61. The van der Waals surface area contributed by atoms with E-state index < -0.39 is 0 Å². The molecule has 0 radical (unpaired) electrons. The third-order valence-electron chi connectivity index (χ3n) is 5.09. The van der Waals surface area contributed by atoms with Crippen LogP contribution < -0.4 is 5.32 Å². The fourth-order valence-electron chi connectivity index (χ4n) is 4.08. The highest BCUT2D eigenvalue weighted by Gasteiger charge is 2.41. The summed E-state index contributed by atoms with van der Waals surface area (Å²) in [4.78, 5) is 25.2. The number of amides is 1. The van der Waals surface area contributed by atoms with Gasteiger partial charge in [-0.1, -0.05) is 0 Å². The minimum Gasteiger partial charge on any atom is -0.326 e. The second-order valence-electron chi connectivity index (χ2n) is 6.39. The molecule has 2 aliphatic carbocycles. The van der Waals surface area contributed by atoms with E-state index >= 15 is 0 Å². The highest BCUT2D eigenvalue weighted by atomic mass is 16.2. The molecule has 3 aliphatic rings. The number of ketones is 1. The van der Waals surface area contributed by atoms with Crippen LogP contribution in [0.4, 0.5) is 0 Å². The number of nitrogens with one attached hydrogen (secondary N) is 1. The molecule has 3 rings (SSSR count). The third-order valence-corrected chi connectivity index (χ3v) is 5.09. The van der Waals surface area contributed by atoms with Gasteiger partial charge in [-0.25, -0.2) is 0 Å². The zero-order valence-electron chi connectivity index (χ0n) is 11.7. The second-order valence-corrected chi connectivity index (χ2v) is 6.39. The monoisotopic (exact) mass is 275 g/mol. The molecule has 0 unspecified atom stereocenters. The van der Waals surface area contributed by atoms with Gasteiger partial charge in [0.25, 0.3) is 0 Å². The van der Waals surface area contributed by atoms with E-state index in [2.05, 4.69) is 11.4 Å². The van der Waals surface area contributed by atoms with Crippen LogP contribution in [0.15, 0.2) is 0 Å².